The van der Waals surface area contributed by atoms with Crippen LogP contribution in [0.4, 0.5) is 0 Å². The summed E-state index contributed by atoms with van der Waals surface area (Å²) in [7, 11) is 0. The molecule has 25 heavy (non-hydrogen) atoms. The number of piperidine rings is 1. The number of amides is 1. The first-order chi connectivity index (χ1) is 12.0. The largest absolute Gasteiger partial charge is 0.339 e. The van der Waals surface area contributed by atoms with Gasteiger partial charge in [-0.3, -0.25) is 9.59 Å². The zero-order valence-electron chi connectivity index (χ0n) is 14.8. The maximum absolute atomic E-state index is 13.1. The van der Waals surface area contributed by atoms with Gasteiger partial charge >= 0.3 is 0 Å². The Morgan fingerprint density at radius 3 is 2.28 bits per heavy atom. The normalized spacial score (nSPS) is 15.2. The quantitative estimate of drug-likeness (QED) is 0.876. The fourth-order valence-corrected chi connectivity index (χ4v) is 3.27. The summed E-state index contributed by atoms with van der Waals surface area (Å²) in [6.07, 6.45) is 1.61. The van der Waals surface area contributed by atoms with Crippen LogP contribution in [0.2, 0.25) is 0 Å². The zero-order valence-corrected chi connectivity index (χ0v) is 14.8. The van der Waals surface area contributed by atoms with Crippen LogP contribution in [0.25, 0.3) is 0 Å². The Balaban J connectivity index is 1.94. The fourth-order valence-electron chi connectivity index (χ4n) is 3.27. The first kappa shape index (κ1) is 17.4. The molecule has 0 radical (unpaired) electrons. The number of carbonyl (C=O) groups is 2. The molecule has 1 heterocycles. The van der Waals surface area contributed by atoms with E-state index in [1.54, 1.807) is 23.1 Å². The van der Waals surface area contributed by atoms with Crippen molar-refractivity contribution in [1.29, 1.82) is 0 Å². The van der Waals surface area contributed by atoms with Crippen LogP contribution in [0, 0.1) is 13.8 Å². The van der Waals surface area contributed by atoms with E-state index in [0.29, 0.717) is 29.8 Å². The SMILES string of the molecule is Cc1ccc(C)c(C(=O)c2ccccc2C(=O)N2CCC(N)CC2)c1. The van der Waals surface area contributed by atoms with E-state index >= 15 is 0 Å². The summed E-state index contributed by atoms with van der Waals surface area (Å²) in [6.45, 7) is 5.17. The van der Waals surface area contributed by atoms with Crippen LogP contribution in [0.5, 0.6) is 0 Å². The van der Waals surface area contributed by atoms with E-state index in [4.69, 9.17) is 5.73 Å². The number of benzene rings is 2. The number of carbonyl (C=O) groups excluding carboxylic acids is 2. The smallest absolute Gasteiger partial charge is 0.254 e. The summed E-state index contributed by atoms with van der Waals surface area (Å²) in [5.41, 5.74) is 9.48. The molecule has 2 aromatic carbocycles. The van der Waals surface area contributed by atoms with Crippen molar-refractivity contribution in [3.63, 3.8) is 0 Å². The van der Waals surface area contributed by atoms with Gasteiger partial charge in [0.05, 0.1) is 5.56 Å². The molecule has 130 valence electrons. The van der Waals surface area contributed by atoms with Crippen molar-refractivity contribution in [2.45, 2.75) is 32.7 Å². The molecular weight excluding hydrogens is 312 g/mol. The minimum Gasteiger partial charge on any atom is -0.339 e. The maximum Gasteiger partial charge on any atom is 0.254 e. The summed E-state index contributed by atoms with van der Waals surface area (Å²) in [5, 5.41) is 0. The lowest BCUT2D eigenvalue weighted by atomic mass is 9.93. The minimum absolute atomic E-state index is 0.0823. The average molecular weight is 336 g/mol. The summed E-state index contributed by atoms with van der Waals surface area (Å²) in [4.78, 5) is 27.8. The van der Waals surface area contributed by atoms with Gasteiger partial charge in [0.15, 0.2) is 5.78 Å². The Morgan fingerprint density at radius 1 is 0.960 bits per heavy atom. The molecule has 0 saturated carbocycles. The molecule has 1 aliphatic rings. The molecule has 1 aliphatic heterocycles. The molecule has 1 saturated heterocycles. The van der Waals surface area contributed by atoms with E-state index in [9.17, 15) is 9.59 Å². The Bertz CT molecular complexity index is 805. The minimum atomic E-state index is -0.0983. The maximum atomic E-state index is 13.1. The highest BCUT2D eigenvalue weighted by molar-refractivity contribution is 6.15. The Kier molecular flexibility index (Phi) is 5.00. The number of nitrogens with two attached hydrogens (primary N) is 1. The van der Waals surface area contributed by atoms with Crippen molar-refractivity contribution < 1.29 is 9.59 Å². The third-order valence-corrected chi connectivity index (χ3v) is 4.87. The van der Waals surface area contributed by atoms with E-state index in [2.05, 4.69) is 0 Å². The highest BCUT2D eigenvalue weighted by atomic mass is 16.2. The van der Waals surface area contributed by atoms with Crippen LogP contribution >= 0.6 is 0 Å². The Labute approximate surface area is 148 Å². The zero-order chi connectivity index (χ0) is 18.0. The molecule has 0 aliphatic carbocycles. The molecule has 0 bridgehead atoms. The third-order valence-electron chi connectivity index (χ3n) is 4.87. The molecule has 1 fully saturated rings. The van der Waals surface area contributed by atoms with Crippen molar-refractivity contribution >= 4 is 11.7 Å². The van der Waals surface area contributed by atoms with Crippen LogP contribution in [-0.4, -0.2) is 35.7 Å². The molecule has 0 atom stereocenters. The molecule has 4 heteroatoms. The molecule has 2 aromatic rings. The van der Waals surface area contributed by atoms with E-state index < -0.39 is 0 Å². The molecule has 0 aromatic heterocycles. The number of aryl methyl sites for hydroxylation is 2. The van der Waals surface area contributed by atoms with Gasteiger partial charge in [-0.25, -0.2) is 0 Å². The van der Waals surface area contributed by atoms with E-state index in [0.717, 1.165) is 24.0 Å². The summed E-state index contributed by atoms with van der Waals surface area (Å²) < 4.78 is 0. The Morgan fingerprint density at radius 2 is 1.60 bits per heavy atom. The van der Waals surface area contributed by atoms with Crippen LogP contribution in [0.3, 0.4) is 0 Å². The van der Waals surface area contributed by atoms with E-state index in [1.165, 1.54) is 0 Å². The standard InChI is InChI=1S/C21H24N2O2/c1-14-7-8-15(2)19(13-14)20(24)17-5-3-4-6-18(17)21(25)23-11-9-16(22)10-12-23/h3-8,13,16H,9-12,22H2,1-2H3. The van der Waals surface area contributed by atoms with Crippen molar-refractivity contribution in [2.75, 3.05) is 13.1 Å². The number of nitrogens with zero attached hydrogens (tertiary/aromatic N) is 1. The third kappa shape index (κ3) is 3.64. The van der Waals surface area contributed by atoms with Gasteiger partial charge < -0.3 is 10.6 Å². The monoisotopic (exact) mass is 336 g/mol. The second kappa shape index (κ2) is 7.19. The molecular formula is C21H24N2O2. The van der Waals surface area contributed by atoms with Gasteiger partial charge in [0, 0.05) is 30.3 Å². The fraction of sp³-hybridized carbons (Fsp3) is 0.333. The summed E-state index contributed by atoms with van der Waals surface area (Å²) >= 11 is 0. The highest BCUT2D eigenvalue weighted by Crippen LogP contribution is 2.21. The molecule has 4 nitrogen and oxygen atoms in total. The predicted octanol–water partition coefficient (Wildman–Crippen LogP) is 3.10. The van der Waals surface area contributed by atoms with Gasteiger partial charge in [0.1, 0.15) is 0 Å². The molecule has 0 spiro atoms. The molecule has 1 amide bonds. The Hall–Kier alpha value is -2.46. The van der Waals surface area contributed by atoms with Crippen molar-refractivity contribution in [3.8, 4) is 0 Å². The summed E-state index contributed by atoms with van der Waals surface area (Å²) in [5.74, 6) is -0.181. The molecule has 2 N–H and O–H groups in total. The number of rotatable bonds is 3. The lowest BCUT2D eigenvalue weighted by molar-refractivity contribution is 0.0711. The topological polar surface area (TPSA) is 63.4 Å². The number of likely N-dealkylation sites (tertiary alicyclic amines) is 1. The van der Waals surface area contributed by atoms with Crippen LogP contribution in [-0.2, 0) is 0 Å². The molecule has 0 unspecified atom stereocenters. The van der Waals surface area contributed by atoms with Crippen molar-refractivity contribution in [2.24, 2.45) is 5.73 Å². The summed E-state index contributed by atoms with van der Waals surface area (Å²) in [6, 6.07) is 13.1. The first-order valence-corrected chi connectivity index (χ1v) is 8.73. The van der Waals surface area contributed by atoms with Crippen molar-refractivity contribution in [3.05, 3.63) is 70.3 Å². The average Bonchev–Trinajstić information content (AvgIpc) is 2.63. The second-order valence-corrected chi connectivity index (χ2v) is 6.82. The number of hydrogen-bond donors (Lipinski definition) is 1. The van der Waals surface area contributed by atoms with Gasteiger partial charge in [-0.2, -0.15) is 0 Å². The number of ketones is 1. The van der Waals surface area contributed by atoms with Gasteiger partial charge in [-0.05, 0) is 44.4 Å². The number of hydrogen-bond acceptors (Lipinski definition) is 3. The highest BCUT2D eigenvalue weighted by Gasteiger charge is 2.25. The van der Waals surface area contributed by atoms with Gasteiger partial charge in [0.2, 0.25) is 0 Å². The molecule has 3 rings (SSSR count). The lowest BCUT2D eigenvalue weighted by Gasteiger charge is -2.30. The second-order valence-electron chi connectivity index (χ2n) is 6.82. The first-order valence-electron chi connectivity index (χ1n) is 8.73. The van der Waals surface area contributed by atoms with E-state index in [-0.39, 0.29) is 17.7 Å². The van der Waals surface area contributed by atoms with Crippen molar-refractivity contribution in [1.82, 2.24) is 4.90 Å². The van der Waals surface area contributed by atoms with E-state index in [1.807, 2.05) is 38.1 Å². The lowest BCUT2D eigenvalue weighted by Crippen LogP contribution is -2.43. The van der Waals surface area contributed by atoms with Gasteiger partial charge in [-0.15, -0.1) is 0 Å². The van der Waals surface area contributed by atoms with Crippen LogP contribution in [0.15, 0.2) is 42.5 Å². The van der Waals surface area contributed by atoms with Crippen LogP contribution in [0.1, 0.15) is 50.2 Å². The van der Waals surface area contributed by atoms with Crippen LogP contribution < -0.4 is 5.73 Å². The predicted molar refractivity (Wildman–Crippen MR) is 98.9 cm³/mol. The van der Waals surface area contributed by atoms with Gasteiger partial charge in [-0.1, -0.05) is 35.9 Å². The van der Waals surface area contributed by atoms with Gasteiger partial charge in [0.25, 0.3) is 5.91 Å².